The average molecular weight is 412 g/mol. The number of carbonyl (C=O) groups is 2. The van der Waals surface area contributed by atoms with Crippen LogP contribution < -0.4 is 15.4 Å². The molecule has 8 nitrogen and oxygen atoms in total. The molecule has 0 radical (unpaired) electrons. The smallest absolute Gasteiger partial charge is 0.318 e. The largest absolute Gasteiger partial charge is 0.497 e. The summed E-state index contributed by atoms with van der Waals surface area (Å²) in [5.74, 6) is 0.604. The normalized spacial score (nSPS) is 19.1. The fraction of sp³-hybridized carbons (Fsp3) is 0.500. The molecule has 3 amide bonds. The third kappa shape index (κ3) is 4.58. The van der Waals surface area contributed by atoms with Crippen molar-refractivity contribution in [3.8, 4) is 5.75 Å². The van der Waals surface area contributed by atoms with Crippen LogP contribution in [0.15, 0.2) is 30.6 Å². The van der Waals surface area contributed by atoms with Crippen molar-refractivity contribution in [3.63, 3.8) is 0 Å². The third-order valence-electron chi connectivity index (χ3n) is 6.02. The molecule has 30 heavy (non-hydrogen) atoms. The van der Waals surface area contributed by atoms with Gasteiger partial charge in [0.25, 0.3) is 0 Å². The molecule has 160 valence electrons. The van der Waals surface area contributed by atoms with Gasteiger partial charge in [0.2, 0.25) is 5.91 Å². The fourth-order valence-corrected chi connectivity index (χ4v) is 4.24. The molecule has 2 aliphatic rings. The number of aromatic amines is 1. The molecule has 0 saturated heterocycles. The summed E-state index contributed by atoms with van der Waals surface area (Å²) in [6.07, 6.45) is 7.55. The molecule has 1 aliphatic carbocycles. The first-order valence-corrected chi connectivity index (χ1v) is 10.6. The number of methoxy groups -OCH3 is 1. The lowest BCUT2D eigenvalue weighted by Gasteiger charge is -2.35. The van der Waals surface area contributed by atoms with Gasteiger partial charge in [0.15, 0.2) is 0 Å². The molecule has 1 atom stereocenters. The number of hydrogen-bond acceptors (Lipinski definition) is 4. The van der Waals surface area contributed by atoms with Crippen molar-refractivity contribution in [1.29, 1.82) is 0 Å². The van der Waals surface area contributed by atoms with Crippen LogP contribution in [0.5, 0.6) is 5.75 Å². The molecule has 0 spiro atoms. The van der Waals surface area contributed by atoms with Crippen molar-refractivity contribution < 1.29 is 14.3 Å². The Kier molecular flexibility index (Phi) is 6.21. The van der Waals surface area contributed by atoms with Gasteiger partial charge in [-0.2, -0.15) is 0 Å². The highest BCUT2D eigenvalue weighted by atomic mass is 16.5. The highest BCUT2D eigenvalue weighted by molar-refractivity contribution is 5.87. The van der Waals surface area contributed by atoms with Crippen molar-refractivity contribution in [1.82, 2.24) is 25.5 Å². The number of hydrogen-bond donors (Lipinski definition) is 3. The third-order valence-corrected chi connectivity index (χ3v) is 6.02. The number of ether oxygens (including phenoxy) is 1. The summed E-state index contributed by atoms with van der Waals surface area (Å²) >= 11 is 0. The molecule has 3 N–H and O–H groups in total. The van der Waals surface area contributed by atoms with Crippen LogP contribution in [0.4, 0.5) is 4.79 Å². The minimum atomic E-state index is -0.581. The Bertz CT molecular complexity index is 873. The predicted octanol–water partition coefficient (Wildman–Crippen LogP) is 2.50. The van der Waals surface area contributed by atoms with Gasteiger partial charge < -0.3 is 25.3 Å². The Morgan fingerprint density at radius 1 is 1.20 bits per heavy atom. The van der Waals surface area contributed by atoms with Gasteiger partial charge in [-0.15, -0.1) is 0 Å². The fourth-order valence-electron chi connectivity index (χ4n) is 4.24. The molecule has 1 fully saturated rings. The van der Waals surface area contributed by atoms with E-state index in [9.17, 15) is 9.59 Å². The van der Waals surface area contributed by atoms with Crippen molar-refractivity contribution in [2.45, 2.75) is 63.7 Å². The molecular weight excluding hydrogens is 382 g/mol. The second-order valence-corrected chi connectivity index (χ2v) is 8.03. The van der Waals surface area contributed by atoms with Crippen LogP contribution in [0.3, 0.4) is 0 Å². The lowest BCUT2D eigenvalue weighted by atomic mass is 9.95. The number of aromatic nitrogens is 2. The molecule has 1 unspecified atom stereocenters. The van der Waals surface area contributed by atoms with Crippen LogP contribution >= 0.6 is 0 Å². The second kappa shape index (κ2) is 9.19. The Morgan fingerprint density at radius 3 is 2.70 bits per heavy atom. The Balaban J connectivity index is 1.43. The van der Waals surface area contributed by atoms with Crippen molar-refractivity contribution in [3.05, 3.63) is 47.5 Å². The molecule has 1 saturated carbocycles. The zero-order valence-electron chi connectivity index (χ0n) is 17.3. The van der Waals surface area contributed by atoms with Crippen LogP contribution in [-0.4, -0.2) is 46.0 Å². The molecule has 8 heteroatoms. The molecule has 0 bridgehead atoms. The molecule has 2 aromatic rings. The Morgan fingerprint density at radius 2 is 1.97 bits per heavy atom. The molecule has 2 heterocycles. The zero-order valence-corrected chi connectivity index (χ0v) is 17.3. The Hall–Kier alpha value is -3.03. The van der Waals surface area contributed by atoms with Gasteiger partial charge in [-0.05, 0) is 30.5 Å². The van der Waals surface area contributed by atoms with Gasteiger partial charge in [0, 0.05) is 19.0 Å². The number of rotatable bonds is 5. The van der Waals surface area contributed by atoms with E-state index in [0.717, 1.165) is 48.4 Å². The second-order valence-electron chi connectivity index (χ2n) is 8.03. The number of imidazole rings is 1. The van der Waals surface area contributed by atoms with E-state index in [2.05, 4.69) is 20.6 Å². The van der Waals surface area contributed by atoms with Crippen molar-refractivity contribution in [2.75, 3.05) is 7.11 Å². The minimum absolute atomic E-state index is 0.168. The maximum atomic E-state index is 13.0. The summed E-state index contributed by atoms with van der Waals surface area (Å²) in [5.41, 5.74) is 2.72. The molecule has 4 rings (SSSR count). The number of nitrogens with zero attached hydrogens (tertiary/aromatic N) is 2. The number of amides is 3. The van der Waals surface area contributed by atoms with Crippen LogP contribution in [0.25, 0.3) is 0 Å². The van der Waals surface area contributed by atoms with Crippen LogP contribution in [0.1, 0.15) is 49.1 Å². The maximum Gasteiger partial charge on any atom is 0.318 e. The van der Waals surface area contributed by atoms with E-state index in [0.29, 0.717) is 19.5 Å². The van der Waals surface area contributed by atoms with E-state index in [1.54, 1.807) is 18.3 Å². The highest BCUT2D eigenvalue weighted by Gasteiger charge is 2.36. The quantitative estimate of drug-likeness (QED) is 0.704. The lowest BCUT2D eigenvalue weighted by Crippen LogP contribution is -2.56. The van der Waals surface area contributed by atoms with E-state index in [1.807, 2.05) is 24.3 Å². The number of benzene rings is 1. The van der Waals surface area contributed by atoms with Crippen molar-refractivity contribution in [2.24, 2.45) is 0 Å². The van der Waals surface area contributed by atoms with Gasteiger partial charge in [-0.1, -0.05) is 31.4 Å². The minimum Gasteiger partial charge on any atom is -0.497 e. The maximum absolute atomic E-state index is 13.0. The van der Waals surface area contributed by atoms with E-state index < -0.39 is 6.04 Å². The summed E-state index contributed by atoms with van der Waals surface area (Å²) in [7, 11) is 1.62. The lowest BCUT2D eigenvalue weighted by molar-refractivity contribution is -0.126. The zero-order chi connectivity index (χ0) is 20.9. The standard InChI is InChI=1S/C22H29N5O3/c1-30-17-9-7-15(8-10-17)12-23-21(28)20-11-18-19(25-14-24-18)13-27(20)22(29)26-16-5-3-2-4-6-16/h7-10,14,16,20H,2-6,11-13H2,1H3,(H,23,28)(H,24,25)(H,26,29). The van der Waals surface area contributed by atoms with Gasteiger partial charge in [-0.3, -0.25) is 4.79 Å². The van der Waals surface area contributed by atoms with Gasteiger partial charge >= 0.3 is 6.03 Å². The van der Waals surface area contributed by atoms with E-state index >= 15 is 0 Å². The summed E-state index contributed by atoms with van der Waals surface area (Å²) in [6, 6.07) is 7.00. The van der Waals surface area contributed by atoms with Crippen LogP contribution in [-0.2, 0) is 24.3 Å². The first-order chi connectivity index (χ1) is 14.6. The number of urea groups is 1. The summed E-state index contributed by atoms with van der Waals surface area (Å²) in [5, 5.41) is 6.12. The topological polar surface area (TPSA) is 99.3 Å². The first-order valence-electron chi connectivity index (χ1n) is 10.6. The summed E-state index contributed by atoms with van der Waals surface area (Å²) in [4.78, 5) is 35.1. The molecular formula is C22H29N5O3. The number of H-pyrrole nitrogens is 1. The Labute approximate surface area is 176 Å². The van der Waals surface area contributed by atoms with Crippen LogP contribution in [0.2, 0.25) is 0 Å². The predicted molar refractivity (Wildman–Crippen MR) is 112 cm³/mol. The van der Waals surface area contributed by atoms with Gasteiger partial charge in [-0.25, -0.2) is 9.78 Å². The number of nitrogens with one attached hydrogen (secondary N) is 3. The van der Waals surface area contributed by atoms with E-state index in [-0.39, 0.29) is 18.0 Å². The number of carbonyl (C=O) groups excluding carboxylic acids is 2. The van der Waals surface area contributed by atoms with Crippen LogP contribution in [0, 0.1) is 0 Å². The molecule has 1 aliphatic heterocycles. The number of fused-ring (bicyclic) bond motifs is 1. The van der Waals surface area contributed by atoms with E-state index in [4.69, 9.17) is 4.74 Å². The summed E-state index contributed by atoms with van der Waals surface area (Å²) in [6.45, 7) is 0.749. The molecule has 1 aromatic carbocycles. The van der Waals surface area contributed by atoms with Gasteiger partial charge in [0.1, 0.15) is 11.8 Å². The highest BCUT2D eigenvalue weighted by Crippen LogP contribution is 2.23. The monoisotopic (exact) mass is 411 g/mol. The average Bonchev–Trinajstić information content (AvgIpc) is 3.25. The van der Waals surface area contributed by atoms with E-state index in [1.165, 1.54) is 6.42 Å². The van der Waals surface area contributed by atoms with Gasteiger partial charge in [0.05, 0.1) is 31.4 Å². The van der Waals surface area contributed by atoms with Crippen molar-refractivity contribution >= 4 is 11.9 Å². The first kappa shape index (κ1) is 20.3. The molecule has 1 aromatic heterocycles. The SMILES string of the molecule is COc1ccc(CNC(=O)C2Cc3nc[nH]c3CN2C(=O)NC2CCCCC2)cc1. The summed E-state index contributed by atoms with van der Waals surface area (Å²) < 4.78 is 5.17.